The van der Waals surface area contributed by atoms with E-state index in [1.807, 2.05) is 6.07 Å². The van der Waals surface area contributed by atoms with Gasteiger partial charge in [0.05, 0.1) is 16.7 Å². The fourth-order valence-corrected chi connectivity index (χ4v) is 3.80. The first-order chi connectivity index (χ1) is 9.63. The SMILES string of the molecule is N#Cc1ccccc1S(=O)(=O)N1CCc2oncc2C1. The molecule has 0 unspecified atom stereocenters. The summed E-state index contributed by atoms with van der Waals surface area (Å²) in [6.07, 6.45) is 2.02. The summed E-state index contributed by atoms with van der Waals surface area (Å²) in [6, 6.07) is 8.13. The van der Waals surface area contributed by atoms with E-state index < -0.39 is 10.0 Å². The molecule has 7 heteroatoms. The second-order valence-corrected chi connectivity index (χ2v) is 6.38. The molecular weight excluding hydrogens is 278 g/mol. The molecule has 6 nitrogen and oxygen atoms in total. The Hall–Kier alpha value is -2.17. The molecule has 0 radical (unpaired) electrons. The molecule has 1 aromatic carbocycles. The maximum Gasteiger partial charge on any atom is 0.244 e. The number of nitriles is 1. The topological polar surface area (TPSA) is 87.2 Å². The number of fused-ring (bicyclic) bond motifs is 1. The summed E-state index contributed by atoms with van der Waals surface area (Å²) in [6.45, 7) is 0.547. The zero-order valence-corrected chi connectivity index (χ0v) is 11.3. The van der Waals surface area contributed by atoms with Crippen LogP contribution in [0, 0.1) is 11.3 Å². The maximum atomic E-state index is 12.6. The van der Waals surface area contributed by atoms with Gasteiger partial charge in [0.15, 0.2) is 0 Å². The highest BCUT2D eigenvalue weighted by atomic mass is 32.2. The van der Waals surface area contributed by atoms with Crippen LogP contribution in [-0.2, 0) is 23.0 Å². The fraction of sp³-hybridized carbons (Fsp3) is 0.231. The lowest BCUT2D eigenvalue weighted by atomic mass is 10.1. The minimum atomic E-state index is -3.68. The van der Waals surface area contributed by atoms with Gasteiger partial charge >= 0.3 is 0 Å². The monoisotopic (exact) mass is 289 g/mol. The number of sulfonamides is 1. The van der Waals surface area contributed by atoms with Crippen molar-refractivity contribution in [3.05, 3.63) is 47.3 Å². The lowest BCUT2D eigenvalue weighted by molar-refractivity contribution is 0.331. The summed E-state index contributed by atoms with van der Waals surface area (Å²) in [5.74, 6) is 0.727. The van der Waals surface area contributed by atoms with Crippen molar-refractivity contribution >= 4 is 10.0 Å². The molecule has 0 spiro atoms. The molecule has 102 valence electrons. The Morgan fingerprint density at radius 1 is 1.35 bits per heavy atom. The quantitative estimate of drug-likeness (QED) is 0.831. The molecule has 0 saturated carbocycles. The Morgan fingerprint density at radius 3 is 2.95 bits per heavy atom. The number of nitrogens with zero attached hydrogens (tertiary/aromatic N) is 3. The van der Waals surface area contributed by atoms with Gasteiger partial charge in [-0.05, 0) is 12.1 Å². The molecule has 0 atom stereocenters. The van der Waals surface area contributed by atoms with Gasteiger partial charge in [-0.1, -0.05) is 17.3 Å². The molecule has 20 heavy (non-hydrogen) atoms. The molecule has 0 bridgehead atoms. The summed E-state index contributed by atoms with van der Waals surface area (Å²) >= 11 is 0. The summed E-state index contributed by atoms with van der Waals surface area (Å²) in [5.41, 5.74) is 0.929. The highest BCUT2D eigenvalue weighted by Crippen LogP contribution is 2.26. The maximum absolute atomic E-state index is 12.6. The second kappa shape index (κ2) is 4.74. The van der Waals surface area contributed by atoms with Gasteiger partial charge in [-0.2, -0.15) is 9.57 Å². The van der Waals surface area contributed by atoms with E-state index in [2.05, 4.69) is 5.16 Å². The zero-order chi connectivity index (χ0) is 14.2. The summed E-state index contributed by atoms with van der Waals surface area (Å²) in [7, 11) is -3.68. The summed E-state index contributed by atoms with van der Waals surface area (Å²) in [4.78, 5) is 0.0439. The first kappa shape index (κ1) is 12.8. The molecule has 1 aromatic heterocycles. The van der Waals surface area contributed by atoms with E-state index in [4.69, 9.17) is 9.78 Å². The van der Waals surface area contributed by atoms with Crippen LogP contribution in [0.5, 0.6) is 0 Å². The van der Waals surface area contributed by atoms with Gasteiger partial charge in [-0.3, -0.25) is 0 Å². The molecule has 0 fully saturated rings. The van der Waals surface area contributed by atoms with Crippen LogP contribution in [0.1, 0.15) is 16.9 Å². The van der Waals surface area contributed by atoms with Crippen molar-refractivity contribution in [1.29, 1.82) is 5.26 Å². The van der Waals surface area contributed by atoms with Gasteiger partial charge in [0.2, 0.25) is 10.0 Å². The van der Waals surface area contributed by atoms with Crippen molar-refractivity contribution in [2.75, 3.05) is 6.54 Å². The van der Waals surface area contributed by atoms with Gasteiger partial charge in [0, 0.05) is 25.1 Å². The van der Waals surface area contributed by atoms with Crippen LogP contribution in [0.4, 0.5) is 0 Å². The average Bonchev–Trinajstić information content (AvgIpc) is 2.94. The van der Waals surface area contributed by atoms with E-state index in [0.717, 1.165) is 11.3 Å². The minimum Gasteiger partial charge on any atom is -0.361 e. The van der Waals surface area contributed by atoms with Crippen LogP contribution in [0.3, 0.4) is 0 Å². The lowest BCUT2D eigenvalue weighted by Gasteiger charge is -2.25. The van der Waals surface area contributed by atoms with E-state index in [9.17, 15) is 8.42 Å². The number of hydrogen-bond acceptors (Lipinski definition) is 5. The van der Waals surface area contributed by atoms with E-state index in [0.29, 0.717) is 13.0 Å². The minimum absolute atomic E-state index is 0.0439. The van der Waals surface area contributed by atoms with Crippen LogP contribution >= 0.6 is 0 Å². The number of benzene rings is 1. The van der Waals surface area contributed by atoms with E-state index in [1.54, 1.807) is 12.1 Å². The smallest absolute Gasteiger partial charge is 0.244 e. The van der Waals surface area contributed by atoms with Gasteiger partial charge < -0.3 is 4.52 Å². The van der Waals surface area contributed by atoms with Crippen molar-refractivity contribution in [2.45, 2.75) is 17.9 Å². The Balaban J connectivity index is 2.00. The number of rotatable bonds is 2. The summed E-state index contributed by atoms with van der Waals surface area (Å²) in [5, 5.41) is 12.7. The largest absolute Gasteiger partial charge is 0.361 e. The van der Waals surface area contributed by atoms with Crippen molar-refractivity contribution in [2.24, 2.45) is 0 Å². The first-order valence-corrected chi connectivity index (χ1v) is 7.48. The Bertz CT molecular complexity index is 789. The average molecular weight is 289 g/mol. The molecule has 0 saturated heterocycles. The van der Waals surface area contributed by atoms with Crippen molar-refractivity contribution < 1.29 is 12.9 Å². The van der Waals surface area contributed by atoms with E-state index >= 15 is 0 Å². The van der Waals surface area contributed by atoms with Crippen LogP contribution < -0.4 is 0 Å². The molecule has 1 aliphatic rings. The fourth-order valence-electron chi connectivity index (χ4n) is 2.24. The number of aromatic nitrogens is 1. The van der Waals surface area contributed by atoms with Gasteiger partial charge in [-0.15, -0.1) is 0 Å². The summed E-state index contributed by atoms with van der Waals surface area (Å²) < 4.78 is 31.6. The molecule has 1 aliphatic heterocycles. The van der Waals surface area contributed by atoms with Gasteiger partial charge in [-0.25, -0.2) is 8.42 Å². The molecule has 3 rings (SSSR count). The molecule has 0 aliphatic carbocycles. The van der Waals surface area contributed by atoms with E-state index in [-0.39, 0.29) is 17.0 Å². The van der Waals surface area contributed by atoms with Crippen LogP contribution in [-0.4, -0.2) is 24.4 Å². The molecular formula is C13H11N3O3S. The van der Waals surface area contributed by atoms with Crippen LogP contribution in [0.2, 0.25) is 0 Å². The molecule has 0 N–H and O–H groups in total. The van der Waals surface area contributed by atoms with Crippen molar-refractivity contribution in [3.8, 4) is 6.07 Å². The first-order valence-electron chi connectivity index (χ1n) is 6.04. The standard InChI is InChI=1S/C13H11N3O3S/c14-7-10-3-1-2-4-13(10)20(17,18)16-6-5-12-11(9-16)8-15-19-12/h1-4,8H,5-6,9H2. The predicted octanol–water partition coefficient (Wildman–Crippen LogP) is 1.29. The van der Waals surface area contributed by atoms with Gasteiger partial charge in [0.1, 0.15) is 11.8 Å². The highest BCUT2D eigenvalue weighted by molar-refractivity contribution is 7.89. The van der Waals surface area contributed by atoms with Crippen LogP contribution in [0.15, 0.2) is 39.9 Å². The Labute approximate surface area is 116 Å². The number of hydrogen-bond donors (Lipinski definition) is 0. The second-order valence-electron chi connectivity index (χ2n) is 4.47. The lowest BCUT2D eigenvalue weighted by Crippen LogP contribution is -2.35. The third-order valence-corrected chi connectivity index (χ3v) is 5.19. The van der Waals surface area contributed by atoms with Crippen molar-refractivity contribution in [1.82, 2.24) is 9.46 Å². The van der Waals surface area contributed by atoms with Crippen LogP contribution in [0.25, 0.3) is 0 Å². The van der Waals surface area contributed by atoms with E-state index in [1.165, 1.54) is 22.6 Å². The molecule has 2 heterocycles. The molecule has 2 aromatic rings. The van der Waals surface area contributed by atoms with Gasteiger partial charge in [0.25, 0.3) is 0 Å². The zero-order valence-electron chi connectivity index (χ0n) is 10.5. The Kier molecular flexibility index (Phi) is 3.04. The normalized spacial score (nSPS) is 15.6. The van der Waals surface area contributed by atoms with Crippen molar-refractivity contribution in [3.63, 3.8) is 0 Å². The Morgan fingerprint density at radius 2 is 2.15 bits per heavy atom. The highest BCUT2D eigenvalue weighted by Gasteiger charge is 2.31. The molecule has 0 amide bonds. The third kappa shape index (κ3) is 1.99. The third-order valence-electron chi connectivity index (χ3n) is 3.29. The predicted molar refractivity (Wildman–Crippen MR) is 69.0 cm³/mol.